The molecule has 0 aliphatic carbocycles. The SMILES string of the molecule is O=C(CCCCCN1C(=O)c2ccccc2C1=O)N1CCOCCOCCOCC1. The molecule has 0 aromatic heterocycles. The van der Waals surface area contributed by atoms with Crippen LogP contribution in [0, 0.1) is 0 Å². The number of imide groups is 1. The molecule has 0 saturated carbocycles. The molecule has 2 aliphatic rings. The number of fused-ring (bicyclic) bond motifs is 1. The molecule has 164 valence electrons. The van der Waals surface area contributed by atoms with Gasteiger partial charge in [-0.05, 0) is 25.0 Å². The molecule has 0 radical (unpaired) electrons. The molecule has 1 saturated heterocycles. The molecule has 1 aromatic carbocycles. The minimum absolute atomic E-state index is 0.0799. The summed E-state index contributed by atoms with van der Waals surface area (Å²) in [7, 11) is 0. The molecule has 0 bridgehead atoms. The van der Waals surface area contributed by atoms with Crippen molar-refractivity contribution in [1.29, 1.82) is 0 Å². The first kappa shape index (κ1) is 22.4. The van der Waals surface area contributed by atoms with Crippen LogP contribution in [0.3, 0.4) is 0 Å². The Balaban J connectivity index is 1.36. The second-order valence-corrected chi connectivity index (χ2v) is 7.34. The molecule has 0 spiro atoms. The Kier molecular flexibility index (Phi) is 8.80. The Morgan fingerprint density at radius 2 is 1.30 bits per heavy atom. The van der Waals surface area contributed by atoms with E-state index >= 15 is 0 Å². The smallest absolute Gasteiger partial charge is 0.261 e. The third-order valence-electron chi connectivity index (χ3n) is 5.26. The number of amides is 3. The fourth-order valence-electron chi connectivity index (χ4n) is 3.58. The van der Waals surface area contributed by atoms with Crippen LogP contribution < -0.4 is 0 Å². The first-order valence-corrected chi connectivity index (χ1v) is 10.6. The lowest BCUT2D eigenvalue weighted by Crippen LogP contribution is -2.37. The summed E-state index contributed by atoms with van der Waals surface area (Å²) in [4.78, 5) is 40.4. The zero-order valence-electron chi connectivity index (χ0n) is 17.3. The first-order chi connectivity index (χ1) is 14.7. The van der Waals surface area contributed by atoms with Gasteiger partial charge in [0.15, 0.2) is 0 Å². The van der Waals surface area contributed by atoms with E-state index in [0.29, 0.717) is 89.7 Å². The minimum atomic E-state index is -0.226. The molecule has 30 heavy (non-hydrogen) atoms. The van der Waals surface area contributed by atoms with Gasteiger partial charge in [0.05, 0.1) is 50.8 Å². The van der Waals surface area contributed by atoms with E-state index in [1.54, 1.807) is 29.2 Å². The molecule has 3 rings (SSSR count). The van der Waals surface area contributed by atoms with Gasteiger partial charge in [-0.2, -0.15) is 0 Å². The van der Waals surface area contributed by atoms with Crippen LogP contribution in [0.5, 0.6) is 0 Å². The van der Waals surface area contributed by atoms with Crippen LogP contribution in [0.1, 0.15) is 46.4 Å². The molecule has 0 N–H and O–H groups in total. The minimum Gasteiger partial charge on any atom is -0.377 e. The van der Waals surface area contributed by atoms with E-state index in [4.69, 9.17) is 14.2 Å². The summed E-state index contributed by atoms with van der Waals surface area (Å²) in [6, 6.07) is 6.90. The van der Waals surface area contributed by atoms with Crippen LogP contribution >= 0.6 is 0 Å². The Bertz CT molecular complexity index is 691. The van der Waals surface area contributed by atoms with E-state index < -0.39 is 0 Å². The van der Waals surface area contributed by atoms with Gasteiger partial charge in [0.2, 0.25) is 5.91 Å². The fourth-order valence-corrected chi connectivity index (χ4v) is 3.58. The van der Waals surface area contributed by atoms with Crippen molar-refractivity contribution in [2.75, 3.05) is 59.3 Å². The van der Waals surface area contributed by atoms with Gasteiger partial charge < -0.3 is 19.1 Å². The summed E-state index contributed by atoms with van der Waals surface area (Å²) in [6.45, 7) is 4.51. The second-order valence-electron chi connectivity index (χ2n) is 7.34. The Morgan fingerprint density at radius 1 is 0.767 bits per heavy atom. The molecular formula is C22H30N2O6. The van der Waals surface area contributed by atoms with Crippen LogP contribution in [0.2, 0.25) is 0 Å². The lowest BCUT2D eigenvalue weighted by molar-refractivity contribution is -0.133. The van der Waals surface area contributed by atoms with Crippen molar-refractivity contribution >= 4 is 17.7 Å². The highest BCUT2D eigenvalue weighted by Gasteiger charge is 2.34. The van der Waals surface area contributed by atoms with E-state index in [2.05, 4.69) is 0 Å². The summed E-state index contributed by atoms with van der Waals surface area (Å²) in [5, 5.41) is 0. The normalized spacial score (nSPS) is 18.7. The number of ether oxygens (including phenoxy) is 3. The van der Waals surface area contributed by atoms with Gasteiger partial charge >= 0.3 is 0 Å². The maximum Gasteiger partial charge on any atom is 0.261 e. The number of carbonyl (C=O) groups excluding carboxylic acids is 3. The molecule has 3 amide bonds. The van der Waals surface area contributed by atoms with Crippen molar-refractivity contribution in [2.24, 2.45) is 0 Å². The Morgan fingerprint density at radius 3 is 1.87 bits per heavy atom. The topological polar surface area (TPSA) is 85.4 Å². The van der Waals surface area contributed by atoms with Crippen molar-refractivity contribution in [2.45, 2.75) is 25.7 Å². The summed E-state index contributed by atoms with van der Waals surface area (Å²) in [5.74, 6) is -0.371. The molecule has 2 aliphatic heterocycles. The molecule has 1 fully saturated rings. The number of hydrogen-bond donors (Lipinski definition) is 0. The Hall–Kier alpha value is -2.29. The summed E-state index contributed by atoms with van der Waals surface area (Å²) in [5.41, 5.74) is 0.952. The maximum atomic E-state index is 12.6. The zero-order chi connectivity index (χ0) is 21.2. The average Bonchev–Trinajstić information content (AvgIpc) is 2.99. The number of carbonyl (C=O) groups is 3. The van der Waals surface area contributed by atoms with Gasteiger partial charge in [0.25, 0.3) is 11.8 Å². The fraction of sp³-hybridized carbons (Fsp3) is 0.591. The van der Waals surface area contributed by atoms with Gasteiger partial charge in [-0.25, -0.2) is 0 Å². The van der Waals surface area contributed by atoms with Gasteiger partial charge in [-0.3, -0.25) is 19.3 Å². The summed E-state index contributed by atoms with van der Waals surface area (Å²) in [6.07, 6.45) is 2.61. The third kappa shape index (κ3) is 6.10. The predicted octanol–water partition coefficient (Wildman–Crippen LogP) is 1.73. The van der Waals surface area contributed by atoms with E-state index in [1.165, 1.54) is 4.90 Å². The van der Waals surface area contributed by atoms with Crippen LogP contribution in [0.25, 0.3) is 0 Å². The largest absolute Gasteiger partial charge is 0.377 e. The van der Waals surface area contributed by atoms with E-state index in [-0.39, 0.29) is 17.7 Å². The molecular weight excluding hydrogens is 388 g/mol. The predicted molar refractivity (Wildman–Crippen MR) is 109 cm³/mol. The number of nitrogens with zero attached hydrogens (tertiary/aromatic N) is 2. The van der Waals surface area contributed by atoms with Gasteiger partial charge in [-0.15, -0.1) is 0 Å². The molecule has 8 heteroatoms. The van der Waals surface area contributed by atoms with Crippen LogP contribution in [0.15, 0.2) is 24.3 Å². The first-order valence-electron chi connectivity index (χ1n) is 10.6. The Labute approximate surface area is 177 Å². The molecule has 0 unspecified atom stereocenters. The quantitative estimate of drug-likeness (QED) is 0.517. The van der Waals surface area contributed by atoms with E-state index in [0.717, 1.165) is 6.42 Å². The monoisotopic (exact) mass is 418 g/mol. The lowest BCUT2D eigenvalue weighted by Gasteiger charge is -2.23. The van der Waals surface area contributed by atoms with E-state index in [9.17, 15) is 14.4 Å². The number of unbranched alkanes of at least 4 members (excludes halogenated alkanes) is 2. The van der Waals surface area contributed by atoms with E-state index in [1.807, 2.05) is 0 Å². The molecule has 2 heterocycles. The highest BCUT2D eigenvalue weighted by Crippen LogP contribution is 2.22. The number of rotatable bonds is 6. The van der Waals surface area contributed by atoms with Crippen molar-refractivity contribution < 1.29 is 28.6 Å². The molecule has 1 aromatic rings. The number of hydrogen-bond acceptors (Lipinski definition) is 6. The zero-order valence-corrected chi connectivity index (χ0v) is 17.3. The van der Waals surface area contributed by atoms with Crippen molar-refractivity contribution in [1.82, 2.24) is 9.80 Å². The highest BCUT2D eigenvalue weighted by atomic mass is 16.5. The van der Waals surface area contributed by atoms with Crippen molar-refractivity contribution in [3.8, 4) is 0 Å². The van der Waals surface area contributed by atoms with Gasteiger partial charge in [0, 0.05) is 26.1 Å². The summed E-state index contributed by atoms with van der Waals surface area (Å²) >= 11 is 0. The van der Waals surface area contributed by atoms with Crippen molar-refractivity contribution in [3.05, 3.63) is 35.4 Å². The van der Waals surface area contributed by atoms with Gasteiger partial charge in [0.1, 0.15) is 0 Å². The third-order valence-corrected chi connectivity index (χ3v) is 5.26. The molecule has 0 atom stereocenters. The second kappa shape index (κ2) is 11.8. The van der Waals surface area contributed by atoms with Crippen molar-refractivity contribution in [3.63, 3.8) is 0 Å². The van der Waals surface area contributed by atoms with Crippen LogP contribution in [-0.2, 0) is 19.0 Å². The maximum absolute atomic E-state index is 12.6. The van der Waals surface area contributed by atoms with Gasteiger partial charge in [-0.1, -0.05) is 18.6 Å². The van der Waals surface area contributed by atoms with Crippen LogP contribution in [0.4, 0.5) is 0 Å². The molecule has 8 nitrogen and oxygen atoms in total. The average molecular weight is 418 g/mol. The highest BCUT2D eigenvalue weighted by molar-refractivity contribution is 6.21. The lowest BCUT2D eigenvalue weighted by atomic mass is 10.1. The standard InChI is InChI=1S/C22H30N2O6/c25-20(23-10-12-28-14-16-30-17-15-29-13-11-23)8-2-1-5-9-24-21(26)18-6-3-4-7-19(18)22(24)27/h3-4,6-7H,1-2,5,8-17H2. The van der Waals surface area contributed by atoms with Crippen LogP contribution in [-0.4, -0.2) is 86.8 Å². The summed E-state index contributed by atoms with van der Waals surface area (Å²) < 4.78 is 16.4. The number of benzene rings is 1.